The van der Waals surface area contributed by atoms with Crippen LogP contribution >= 0.6 is 11.3 Å². The fourth-order valence-corrected chi connectivity index (χ4v) is 8.28. The van der Waals surface area contributed by atoms with E-state index in [1.807, 2.05) is 47.7 Å². The number of hydrogen-bond donors (Lipinski definition) is 1. The minimum Gasteiger partial charge on any atom is -0.512 e. The first-order chi connectivity index (χ1) is 24.5. The minimum absolute atomic E-state index is 0. The number of fused-ring (bicyclic) bond motifs is 6. The molecule has 6 aromatic rings. The van der Waals surface area contributed by atoms with Gasteiger partial charge in [0.2, 0.25) is 0 Å². The maximum Gasteiger partial charge on any atom is 0.164 e. The molecule has 3 heterocycles. The molecule has 285 valence electrons. The molecule has 0 saturated heterocycles. The number of aryl methyl sites for hydroxylation is 1. The first-order valence-corrected chi connectivity index (χ1v) is 20.0. The van der Waals surface area contributed by atoms with Crippen LogP contribution in [0, 0.1) is 29.7 Å². The van der Waals surface area contributed by atoms with Gasteiger partial charge in [0.1, 0.15) is 11.5 Å². The Labute approximate surface area is 334 Å². The molecule has 6 heteroatoms. The Morgan fingerprint density at radius 3 is 2.08 bits per heavy atom. The van der Waals surface area contributed by atoms with Crippen molar-refractivity contribution in [1.29, 1.82) is 0 Å². The monoisotopic (exact) mass is 909 g/mol. The third-order valence-corrected chi connectivity index (χ3v) is 12.8. The van der Waals surface area contributed by atoms with Crippen LogP contribution in [0.15, 0.2) is 71.0 Å². The first-order valence-electron chi connectivity index (χ1n) is 19.1. The van der Waals surface area contributed by atoms with Crippen LogP contribution < -0.4 is 0 Å². The maximum absolute atomic E-state index is 12.2. The van der Waals surface area contributed by atoms with Gasteiger partial charge in [-0.05, 0) is 61.8 Å². The molecule has 0 atom stereocenters. The third-order valence-electron chi connectivity index (χ3n) is 11.6. The van der Waals surface area contributed by atoms with Crippen molar-refractivity contribution in [2.24, 2.45) is 16.7 Å². The summed E-state index contributed by atoms with van der Waals surface area (Å²) in [4.78, 5) is 17.1. The molecule has 1 radical (unpaired) electrons. The Morgan fingerprint density at radius 1 is 0.868 bits per heavy atom. The Hall–Kier alpha value is -3.31. The summed E-state index contributed by atoms with van der Waals surface area (Å²) in [5.41, 5.74) is 5.14. The molecule has 6 rings (SSSR count). The summed E-state index contributed by atoms with van der Waals surface area (Å²) in [7, 11) is 0. The molecule has 4 nitrogen and oxygen atoms in total. The average Bonchev–Trinajstić information content (AvgIpc) is 3.66. The molecule has 0 aliphatic rings. The van der Waals surface area contributed by atoms with Gasteiger partial charge in [-0.25, -0.2) is 0 Å². The van der Waals surface area contributed by atoms with Crippen molar-refractivity contribution in [3.05, 3.63) is 89.5 Å². The summed E-state index contributed by atoms with van der Waals surface area (Å²) >= 11 is 1.80. The second-order valence-corrected chi connectivity index (χ2v) is 17.5. The largest absolute Gasteiger partial charge is 0.512 e. The third kappa shape index (κ3) is 8.36. The average molecular weight is 909 g/mol. The molecular formula is C47H58IrNO3S-. The number of carbonyl (C=O) groups excluding carboxylic acids is 1. The fourth-order valence-electron chi connectivity index (χ4n) is 7.00. The second kappa shape index (κ2) is 16.6. The van der Waals surface area contributed by atoms with E-state index in [0.717, 1.165) is 60.1 Å². The predicted molar refractivity (Wildman–Crippen MR) is 224 cm³/mol. The van der Waals surface area contributed by atoms with Crippen molar-refractivity contribution in [1.82, 2.24) is 4.98 Å². The van der Waals surface area contributed by atoms with Gasteiger partial charge in [0, 0.05) is 69.9 Å². The number of thiophene rings is 1. The number of nitrogens with zero attached hydrogens (tertiary/aromatic N) is 1. The maximum atomic E-state index is 12.2. The van der Waals surface area contributed by atoms with E-state index in [4.69, 9.17) is 9.40 Å². The van der Waals surface area contributed by atoms with E-state index >= 15 is 0 Å². The van der Waals surface area contributed by atoms with Crippen LogP contribution in [0.3, 0.4) is 0 Å². The first kappa shape index (κ1) is 42.4. The number of carbonyl (C=O) groups is 1. The number of allylic oxidation sites excluding steroid dienone is 2. The SMILES string of the molecule is CCC(C)(CC)C(=O)/C=C(\O)C(C)(CC)CC.Cc1oc2c(ccc3c4ccnc(-c5[c-]c6ccccc6c(C(C)(C)C)c5)c4sc32)c1CC(C)C.[Ir]. The van der Waals surface area contributed by atoms with E-state index in [1.54, 1.807) is 11.3 Å². The molecule has 0 unspecified atom stereocenters. The van der Waals surface area contributed by atoms with Gasteiger partial charge in [0.15, 0.2) is 11.4 Å². The molecule has 3 aromatic heterocycles. The van der Waals surface area contributed by atoms with Crippen molar-refractivity contribution in [2.75, 3.05) is 0 Å². The van der Waals surface area contributed by atoms with Gasteiger partial charge in [-0.2, -0.15) is 0 Å². The van der Waals surface area contributed by atoms with Crippen LogP contribution in [0.2, 0.25) is 0 Å². The Morgan fingerprint density at radius 2 is 1.47 bits per heavy atom. The van der Waals surface area contributed by atoms with Crippen LogP contribution in [0.4, 0.5) is 0 Å². The second-order valence-electron chi connectivity index (χ2n) is 16.5. The molecule has 0 fully saturated rings. The molecule has 0 amide bonds. The number of hydrogen-bond acceptors (Lipinski definition) is 5. The number of pyridine rings is 1. The van der Waals surface area contributed by atoms with Crippen molar-refractivity contribution >= 4 is 59.0 Å². The topological polar surface area (TPSA) is 63.3 Å². The van der Waals surface area contributed by atoms with Gasteiger partial charge in [-0.15, -0.1) is 40.5 Å². The Kier molecular flexibility index (Phi) is 13.3. The molecule has 1 N–H and O–H groups in total. The molecular weight excluding hydrogens is 851 g/mol. The van der Waals surface area contributed by atoms with Crippen molar-refractivity contribution < 1.29 is 34.4 Å². The molecule has 0 spiro atoms. The summed E-state index contributed by atoms with van der Waals surface area (Å²) in [6, 6.07) is 21.2. The van der Waals surface area contributed by atoms with Crippen LogP contribution in [0.1, 0.15) is 119 Å². The quantitative estimate of drug-likeness (QED) is 0.0845. The van der Waals surface area contributed by atoms with E-state index in [1.165, 1.54) is 48.1 Å². The molecule has 0 saturated carbocycles. The predicted octanol–water partition coefficient (Wildman–Crippen LogP) is 14.3. The fraction of sp³-hybridized carbons (Fsp3) is 0.447. The number of aromatic nitrogens is 1. The van der Waals surface area contributed by atoms with Gasteiger partial charge in [0.25, 0.3) is 0 Å². The standard InChI is InChI=1S/C32H30NOS.C15H28O2.Ir/c1-18(2)15-26-19(3)34-29-23(26)11-12-24-25-13-14-33-28(30(25)35-31(24)29)21-16-20-9-7-8-10-22(20)27(17-21)32(4,5)6;1-7-14(5,8-2)12(16)11-13(17)15(6,9-3)10-4;/h7-14,17-18H,15H2,1-6H3;11,16H,7-10H2,1-6H3;/q-1;;/b;12-11-;. The van der Waals surface area contributed by atoms with Crippen LogP contribution in [-0.4, -0.2) is 15.9 Å². The Bertz CT molecular complexity index is 2260. The normalized spacial score (nSPS) is 12.8. The smallest absolute Gasteiger partial charge is 0.164 e. The van der Waals surface area contributed by atoms with E-state index in [9.17, 15) is 9.90 Å². The van der Waals surface area contributed by atoms with E-state index in [0.29, 0.717) is 5.92 Å². The number of aliphatic hydroxyl groups excluding tert-OH is 1. The summed E-state index contributed by atoms with van der Waals surface area (Å²) in [6.07, 6.45) is 7.72. The number of furan rings is 1. The van der Waals surface area contributed by atoms with E-state index in [-0.39, 0.29) is 47.9 Å². The zero-order valence-corrected chi connectivity index (χ0v) is 37.1. The molecule has 0 bridgehead atoms. The van der Waals surface area contributed by atoms with Crippen molar-refractivity contribution in [3.63, 3.8) is 0 Å². The Balaban J connectivity index is 0.000000299. The van der Waals surface area contributed by atoms with Gasteiger partial charge in [0.05, 0.1) is 4.70 Å². The number of ketones is 1. The van der Waals surface area contributed by atoms with E-state index < -0.39 is 0 Å². The summed E-state index contributed by atoms with van der Waals surface area (Å²) in [5, 5.41) is 16.2. The molecule has 53 heavy (non-hydrogen) atoms. The minimum atomic E-state index is -0.337. The van der Waals surface area contributed by atoms with E-state index in [2.05, 4.69) is 96.1 Å². The number of aliphatic hydroxyl groups is 1. The van der Waals surface area contributed by atoms with Crippen LogP contribution in [-0.2, 0) is 36.7 Å². The zero-order chi connectivity index (χ0) is 38.2. The van der Waals surface area contributed by atoms with Crippen LogP contribution in [0.5, 0.6) is 0 Å². The zero-order valence-electron chi connectivity index (χ0n) is 33.8. The molecule has 3 aromatic carbocycles. The summed E-state index contributed by atoms with van der Waals surface area (Å²) in [5.74, 6) is 1.91. The van der Waals surface area contributed by atoms with Crippen LogP contribution in [0.25, 0.3) is 53.2 Å². The van der Waals surface area contributed by atoms with Crippen molar-refractivity contribution in [3.8, 4) is 11.3 Å². The van der Waals surface area contributed by atoms with Crippen molar-refractivity contribution in [2.45, 2.75) is 121 Å². The van der Waals surface area contributed by atoms with Gasteiger partial charge < -0.3 is 9.52 Å². The van der Waals surface area contributed by atoms with Gasteiger partial charge >= 0.3 is 0 Å². The molecule has 0 aliphatic carbocycles. The summed E-state index contributed by atoms with van der Waals surface area (Å²) in [6.45, 7) is 25.5. The van der Waals surface area contributed by atoms with Gasteiger partial charge in [-0.1, -0.05) is 117 Å². The molecule has 0 aliphatic heterocycles. The number of benzene rings is 3. The number of rotatable bonds is 10. The van der Waals surface area contributed by atoms with Gasteiger partial charge in [-0.3, -0.25) is 9.78 Å². The summed E-state index contributed by atoms with van der Waals surface area (Å²) < 4.78 is 8.80.